The summed E-state index contributed by atoms with van der Waals surface area (Å²) in [6, 6.07) is 3.07. The van der Waals surface area contributed by atoms with Crippen molar-refractivity contribution in [3.8, 4) is 5.75 Å². The predicted octanol–water partition coefficient (Wildman–Crippen LogP) is 2.88. The number of carboxylic acid groups (broad SMARTS) is 1. The molecule has 0 aliphatic heterocycles. The number of aliphatic carboxylic acids is 1. The zero-order chi connectivity index (χ0) is 12.3. The second-order valence-electron chi connectivity index (χ2n) is 2.97. The molecule has 0 saturated carbocycles. The zero-order valence-corrected chi connectivity index (χ0v) is 11.5. The number of halogens is 2. The van der Waals surface area contributed by atoms with Gasteiger partial charge in [-0.1, -0.05) is 0 Å². The molecule has 0 spiro atoms. The van der Waals surface area contributed by atoms with Crippen LogP contribution in [0.4, 0.5) is 0 Å². The molecule has 0 aromatic heterocycles. The first-order chi connectivity index (χ1) is 7.45. The summed E-state index contributed by atoms with van der Waals surface area (Å²) in [7, 11) is 1.50. The Morgan fingerprint density at radius 2 is 1.81 bits per heavy atom. The lowest BCUT2D eigenvalue weighted by Crippen LogP contribution is -2.07. The van der Waals surface area contributed by atoms with Crippen LogP contribution in [0.1, 0.15) is 16.8 Å². The SMILES string of the molecule is COc1c(Br)cc(C(=O)CC(=O)O)cc1Br. The molecule has 0 unspecified atom stereocenters. The quantitative estimate of drug-likeness (QED) is 0.669. The minimum atomic E-state index is -1.15. The molecule has 4 nitrogen and oxygen atoms in total. The van der Waals surface area contributed by atoms with Crippen LogP contribution in [0.2, 0.25) is 0 Å². The van der Waals surface area contributed by atoms with Crippen molar-refractivity contribution in [3.63, 3.8) is 0 Å². The minimum Gasteiger partial charge on any atom is -0.494 e. The molecule has 0 heterocycles. The molecular formula is C10H8Br2O4. The lowest BCUT2D eigenvalue weighted by Gasteiger charge is -2.07. The van der Waals surface area contributed by atoms with E-state index in [9.17, 15) is 9.59 Å². The lowest BCUT2D eigenvalue weighted by molar-refractivity contribution is -0.135. The maximum absolute atomic E-state index is 11.5. The Balaban J connectivity index is 3.08. The molecule has 0 atom stereocenters. The Hall–Kier alpha value is -0.880. The van der Waals surface area contributed by atoms with Crippen molar-refractivity contribution in [1.29, 1.82) is 0 Å². The van der Waals surface area contributed by atoms with Gasteiger partial charge in [0.2, 0.25) is 0 Å². The Morgan fingerprint density at radius 3 is 2.19 bits per heavy atom. The molecule has 1 aromatic rings. The van der Waals surface area contributed by atoms with Crippen LogP contribution in [0.3, 0.4) is 0 Å². The molecule has 0 saturated heterocycles. The van der Waals surface area contributed by atoms with Crippen LogP contribution in [0, 0.1) is 0 Å². The molecule has 6 heteroatoms. The number of hydrogen-bond donors (Lipinski definition) is 1. The third kappa shape index (κ3) is 3.05. The van der Waals surface area contributed by atoms with E-state index in [1.54, 1.807) is 0 Å². The highest BCUT2D eigenvalue weighted by Gasteiger charge is 2.15. The molecule has 0 radical (unpaired) electrons. The van der Waals surface area contributed by atoms with Gasteiger partial charge in [-0.05, 0) is 44.0 Å². The van der Waals surface area contributed by atoms with Crippen LogP contribution in [0.5, 0.6) is 5.75 Å². The fraction of sp³-hybridized carbons (Fsp3) is 0.200. The highest BCUT2D eigenvalue weighted by atomic mass is 79.9. The summed E-state index contributed by atoms with van der Waals surface area (Å²) in [6.07, 6.45) is -0.523. The van der Waals surface area contributed by atoms with E-state index in [1.807, 2.05) is 0 Å². The van der Waals surface area contributed by atoms with Crippen molar-refractivity contribution in [2.24, 2.45) is 0 Å². The minimum absolute atomic E-state index is 0.321. The molecule has 0 aliphatic carbocycles. The van der Waals surface area contributed by atoms with Crippen LogP contribution in [0.25, 0.3) is 0 Å². The van der Waals surface area contributed by atoms with E-state index in [2.05, 4.69) is 31.9 Å². The van der Waals surface area contributed by atoms with Gasteiger partial charge in [0.25, 0.3) is 0 Å². The fourth-order valence-electron chi connectivity index (χ4n) is 1.16. The van der Waals surface area contributed by atoms with E-state index in [4.69, 9.17) is 9.84 Å². The maximum atomic E-state index is 11.5. The number of rotatable bonds is 4. The smallest absolute Gasteiger partial charge is 0.311 e. The number of carboxylic acids is 1. The largest absolute Gasteiger partial charge is 0.494 e. The van der Waals surface area contributed by atoms with Crippen LogP contribution >= 0.6 is 31.9 Å². The third-order valence-electron chi connectivity index (χ3n) is 1.84. The summed E-state index contributed by atoms with van der Waals surface area (Å²) in [6.45, 7) is 0. The average Bonchev–Trinajstić information content (AvgIpc) is 2.16. The molecular weight excluding hydrogens is 344 g/mol. The van der Waals surface area contributed by atoms with Crippen molar-refractivity contribution in [2.75, 3.05) is 7.11 Å². The van der Waals surface area contributed by atoms with Crippen molar-refractivity contribution < 1.29 is 19.4 Å². The standard InChI is InChI=1S/C10H8Br2O4/c1-16-10-6(11)2-5(3-7(10)12)8(13)4-9(14)15/h2-3H,4H2,1H3,(H,14,15). The van der Waals surface area contributed by atoms with E-state index in [1.165, 1.54) is 19.2 Å². The Morgan fingerprint density at radius 1 is 1.31 bits per heavy atom. The van der Waals surface area contributed by atoms with Gasteiger partial charge in [-0.15, -0.1) is 0 Å². The number of hydrogen-bond acceptors (Lipinski definition) is 3. The molecule has 1 N–H and O–H groups in total. The highest BCUT2D eigenvalue weighted by molar-refractivity contribution is 9.11. The Bertz CT molecular complexity index is 419. The van der Waals surface area contributed by atoms with Gasteiger partial charge in [0, 0.05) is 5.56 Å². The predicted molar refractivity (Wildman–Crippen MR) is 65.0 cm³/mol. The van der Waals surface area contributed by atoms with Crippen LogP contribution in [-0.2, 0) is 4.79 Å². The number of Topliss-reactive ketones (excluding diaryl/α,β-unsaturated/α-hetero) is 1. The summed E-state index contributed by atoms with van der Waals surface area (Å²) in [5.41, 5.74) is 0.321. The first-order valence-electron chi connectivity index (χ1n) is 4.23. The molecule has 1 rings (SSSR count). The first kappa shape index (κ1) is 13.2. The van der Waals surface area contributed by atoms with Crippen molar-refractivity contribution in [3.05, 3.63) is 26.6 Å². The number of benzene rings is 1. The lowest BCUT2D eigenvalue weighted by atomic mass is 10.1. The van der Waals surface area contributed by atoms with E-state index in [0.29, 0.717) is 20.3 Å². The molecule has 0 amide bonds. The number of carbonyl (C=O) groups is 2. The van der Waals surface area contributed by atoms with Crippen molar-refractivity contribution >= 4 is 43.6 Å². The van der Waals surface area contributed by atoms with Gasteiger partial charge in [0.1, 0.15) is 12.2 Å². The maximum Gasteiger partial charge on any atom is 0.311 e. The number of carbonyl (C=O) groups excluding carboxylic acids is 1. The monoisotopic (exact) mass is 350 g/mol. The summed E-state index contributed by atoms with van der Waals surface area (Å²) >= 11 is 6.48. The summed E-state index contributed by atoms with van der Waals surface area (Å²) < 4.78 is 6.26. The topological polar surface area (TPSA) is 63.6 Å². The van der Waals surface area contributed by atoms with Gasteiger partial charge >= 0.3 is 5.97 Å². The highest BCUT2D eigenvalue weighted by Crippen LogP contribution is 2.34. The van der Waals surface area contributed by atoms with Gasteiger partial charge in [-0.3, -0.25) is 9.59 Å². The molecule has 0 bridgehead atoms. The van der Waals surface area contributed by atoms with E-state index in [-0.39, 0.29) is 0 Å². The zero-order valence-electron chi connectivity index (χ0n) is 8.29. The van der Waals surface area contributed by atoms with E-state index in [0.717, 1.165) is 0 Å². The van der Waals surface area contributed by atoms with Gasteiger partial charge in [-0.25, -0.2) is 0 Å². The van der Waals surface area contributed by atoms with E-state index >= 15 is 0 Å². The molecule has 86 valence electrons. The number of ether oxygens (including phenoxy) is 1. The summed E-state index contributed by atoms with van der Waals surface area (Å²) in [5.74, 6) is -1.03. The average molecular weight is 352 g/mol. The molecule has 0 aliphatic rings. The van der Waals surface area contributed by atoms with Gasteiger partial charge in [0.05, 0.1) is 16.1 Å². The number of ketones is 1. The van der Waals surface area contributed by atoms with Crippen LogP contribution in [-0.4, -0.2) is 24.0 Å². The number of methoxy groups -OCH3 is 1. The van der Waals surface area contributed by atoms with Crippen LogP contribution < -0.4 is 4.74 Å². The Kier molecular flexibility index (Phi) is 4.49. The third-order valence-corrected chi connectivity index (χ3v) is 3.01. The first-order valence-corrected chi connectivity index (χ1v) is 5.82. The van der Waals surface area contributed by atoms with Crippen LogP contribution in [0.15, 0.2) is 21.1 Å². The molecule has 0 fully saturated rings. The van der Waals surface area contributed by atoms with Crippen molar-refractivity contribution in [2.45, 2.75) is 6.42 Å². The van der Waals surface area contributed by atoms with Gasteiger partial charge in [0.15, 0.2) is 5.78 Å². The van der Waals surface area contributed by atoms with E-state index < -0.39 is 18.2 Å². The fourth-order valence-corrected chi connectivity index (χ4v) is 2.67. The summed E-state index contributed by atoms with van der Waals surface area (Å²) in [4.78, 5) is 21.9. The Labute approximate surface area is 109 Å². The van der Waals surface area contributed by atoms with Crippen molar-refractivity contribution in [1.82, 2.24) is 0 Å². The molecule has 16 heavy (non-hydrogen) atoms. The second kappa shape index (κ2) is 5.45. The normalized spacial score (nSPS) is 9.94. The van der Waals surface area contributed by atoms with Gasteiger partial charge in [-0.2, -0.15) is 0 Å². The second-order valence-corrected chi connectivity index (χ2v) is 4.68. The summed E-state index contributed by atoms with van der Waals surface area (Å²) in [5, 5.41) is 8.52. The molecule has 1 aromatic carbocycles. The van der Waals surface area contributed by atoms with Gasteiger partial charge < -0.3 is 9.84 Å².